The highest BCUT2D eigenvalue weighted by atomic mass is 16.7. The van der Waals surface area contributed by atoms with E-state index in [0.717, 1.165) is 5.56 Å². The van der Waals surface area contributed by atoms with Crippen molar-refractivity contribution < 1.29 is 48.3 Å². The van der Waals surface area contributed by atoms with Gasteiger partial charge in [0.05, 0.1) is 25.4 Å². The van der Waals surface area contributed by atoms with E-state index in [4.69, 9.17) is 28.8 Å². The van der Waals surface area contributed by atoms with E-state index in [9.17, 15) is 19.5 Å². The molecule has 1 aromatic carbocycles. The lowest BCUT2D eigenvalue weighted by molar-refractivity contribution is -0.148. The smallest absolute Gasteiger partial charge is 0.373 e. The minimum absolute atomic E-state index is 0.0162. The number of esters is 2. The molecule has 3 N–H and O–H groups in total. The molecule has 190 valence electrons. The van der Waals surface area contributed by atoms with E-state index in [1.807, 2.05) is 0 Å². The van der Waals surface area contributed by atoms with Crippen LogP contribution in [0.4, 0.5) is 0 Å². The van der Waals surface area contributed by atoms with E-state index in [-0.39, 0.29) is 57.5 Å². The van der Waals surface area contributed by atoms with Crippen molar-refractivity contribution >= 4 is 23.9 Å². The Kier molecular flexibility index (Phi) is 9.50. The minimum atomic E-state index is -1.08. The fraction of sp³-hybridized carbons (Fsp3) is 0.458. The van der Waals surface area contributed by atoms with E-state index in [2.05, 4.69) is 5.32 Å². The third-order valence-electron chi connectivity index (χ3n) is 5.19. The summed E-state index contributed by atoms with van der Waals surface area (Å²) in [5.41, 5.74) is 0.754. The van der Waals surface area contributed by atoms with Crippen LogP contribution in [0.5, 0.6) is 11.5 Å². The molecule has 0 unspecified atom stereocenters. The first-order valence-electron chi connectivity index (χ1n) is 11.2. The zero-order chi connectivity index (χ0) is 25.2. The van der Waals surface area contributed by atoms with Crippen LogP contribution in [-0.4, -0.2) is 72.9 Å². The molecule has 0 fully saturated rings. The summed E-state index contributed by atoms with van der Waals surface area (Å²) >= 11 is 0. The van der Waals surface area contributed by atoms with Gasteiger partial charge in [-0.05, 0) is 36.3 Å². The van der Waals surface area contributed by atoms with E-state index in [0.29, 0.717) is 11.5 Å². The normalized spacial score (nSPS) is 19.5. The van der Waals surface area contributed by atoms with Gasteiger partial charge in [-0.2, -0.15) is 0 Å². The summed E-state index contributed by atoms with van der Waals surface area (Å²) in [6.07, 6.45) is 2.91. The Bertz CT molecular complexity index is 973. The van der Waals surface area contributed by atoms with E-state index >= 15 is 0 Å². The SMILES string of the molecule is CC(=O)N[C@@H]1CC=C(C(=O)OCCCOC(=O)/C=C/c2ccc3c(c2)OCO3)O[C@H]1[C@H](O)CCO. The lowest BCUT2D eigenvalue weighted by Gasteiger charge is -2.34. The van der Waals surface area contributed by atoms with Crippen molar-refractivity contribution in [1.82, 2.24) is 5.32 Å². The van der Waals surface area contributed by atoms with Gasteiger partial charge >= 0.3 is 11.9 Å². The summed E-state index contributed by atoms with van der Waals surface area (Å²) in [6, 6.07) is 4.74. The standard InChI is InChI=1S/C24H29NO10/c1-15(27)25-17-5-7-20(35-23(17)18(28)9-10-26)24(30)32-12-2-11-31-22(29)8-4-16-3-6-19-21(13-16)34-14-33-19/h3-4,6-8,13,17-18,23,26,28H,2,5,9-12,14H2,1H3,(H,25,27)/b8-4+/t17-,18-,23-/m1/s1. The van der Waals surface area contributed by atoms with E-state index in [1.165, 1.54) is 19.1 Å². The zero-order valence-corrected chi connectivity index (χ0v) is 19.3. The maximum Gasteiger partial charge on any atom is 0.373 e. The number of rotatable bonds is 11. The van der Waals surface area contributed by atoms with Crippen molar-refractivity contribution in [2.75, 3.05) is 26.6 Å². The zero-order valence-electron chi connectivity index (χ0n) is 19.3. The van der Waals surface area contributed by atoms with Crippen molar-refractivity contribution in [3.63, 3.8) is 0 Å². The van der Waals surface area contributed by atoms with Gasteiger partial charge in [-0.25, -0.2) is 9.59 Å². The highest BCUT2D eigenvalue weighted by molar-refractivity contribution is 5.87. The summed E-state index contributed by atoms with van der Waals surface area (Å²) in [7, 11) is 0. The predicted octanol–water partition coefficient (Wildman–Crippen LogP) is 0.826. The first-order valence-corrected chi connectivity index (χ1v) is 11.2. The second-order valence-electron chi connectivity index (χ2n) is 7.88. The Hall–Kier alpha value is -3.57. The van der Waals surface area contributed by atoms with Crippen molar-refractivity contribution in [3.8, 4) is 11.5 Å². The number of nitrogens with one attached hydrogen (secondary N) is 1. The number of hydrogen-bond acceptors (Lipinski definition) is 10. The molecule has 1 aromatic rings. The fourth-order valence-electron chi connectivity index (χ4n) is 3.52. The molecule has 2 aliphatic rings. The first-order chi connectivity index (χ1) is 16.9. The van der Waals surface area contributed by atoms with Crippen LogP contribution in [0.3, 0.4) is 0 Å². The Balaban J connectivity index is 1.39. The molecule has 0 radical (unpaired) electrons. The number of carbonyl (C=O) groups is 3. The van der Waals surface area contributed by atoms with Gasteiger partial charge in [0.15, 0.2) is 11.5 Å². The molecule has 1 amide bonds. The molecule has 3 atom stereocenters. The molecule has 2 heterocycles. The number of benzene rings is 1. The maximum atomic E-state index is 12.3. The van der Waals surface area contributed by atoms with Gasteiger partial charge in [0, 0.05) is 32.4 Å². The van der Waals surface area contributed by atoms with Gasteiger partial charge in [-0.1, -0.05) is 6.07 Å². The number of fused-ring (bicyclic) bond motifs is 1. The van der Waals surface area contributed by atoms with Crippen LogP contribution in [0.25, 0.3) is 6.08 Å². The summed E-state index contributed by atoms with van der Waals surface area (Å²) < 4.78 is 26.3. The molecule has 0 saturated heterocycles. The molecule has 2 aliphatic heterocycles. The number of aliphatic hydroxyl groups excluding tert-OH is 2. The van der Waals surface area contributed by atoms with Gasteiger partial charge < -0.3 is 39.2 Å². The Labute approximate surface area is 202 Å². The average molecular weight is 491 g/mol. The van der Waals surface area contributed by atoms with Gasteiger partial charge in [0.2, 0.25) is 18.5 Å². The second-order valence-corrected chi connectivity index (χ2v) is 7.88. The van der Waals surface area contributed by atoms with Crippen LogP contribution in [0, 0.1) is 0 Å². The van der Waals surface area contributed by atoms with Crippen LogP contribution in [0.15, 0.2) is 36.1 Å². The number of aliphatic hydroxyl groups is 2. The van der Waals surface area contributed by atoms with Crippen molar-refractivity contribution in [2.24, 2.45) is 0 Å². The average Bonchev–Trinajstić information content (AvgIpc) is 3.30. The maximum absolute atomic E-state index is 12.3. The number of ether oxygens (including phenoxy) is 5. The summed E-state index contributed by atoms with van der Waals surface area (Å²) in [5.74, 6) is -0.410. The largest absolute Gasteiger partial charge is 0.478 e. The summed E-state index contributed by atoms with van der Waals surface area (Å²) in [5, 5.41) is 22.0. The number of amides is 1. The Morgan fingerprint density at radius 2 is 1.97 bits per heavy atom. The quantitative estimate of drug-likeness (QED) is 0.231. The summed E-state index contributed by atoms with van der Waals surface area (Å²) in [4.78, 5) is 35.6. The van der Waals surface area contributed by atoms with Crippen LogP contribution < -0.4 is 14.8 Å². The first kappa shape index (κ1) is 26.0. The van der Waals surface area contributed by atoms with Crippen LogP contribution in [0.2, 0.25) is 0 Å². The molecule has 0 aliphatic carbocycles. The van der Waals surface area contributed by atoms with Gasteiger partial charge in [-0.15, -0.1) is 0 Å². The molecule has 0 bridgehead atoms. The highest BCUT2D eigenvalue weighted by Crippen LogP contribution is 2.32. The highest BCUT2D eigenvalue weighted by Gasteiger charge is 2.35. The Morgan fingerprint density at radius 1 is 1.20 bits per heavy atom. The van der Waals surface area contributed by atoms with Crippen LogP contribution >= 0.6 is 0 Å². The van der Waals surface area contributed by atoms with Gasteiger partial charge in [0.25, 0.3) is 0 Å². The minimum Gasteiger partial charge on any atom is -0.478 e. The Morgan fingerprint density at radius 3 is 2.74 bits per heavy atom. The summed E-state index contributed by atoms with van der Waals surface area (Å²) in [6.45, 7) is 1.25. The lowest BCUT2D eigenvalue weighted by atomic mass is 9.97. The molecule has 0 saturated carbocycles. The monoisotopic (exact) mass is 491 g/mol. The lowest BCUT2D eigenvalue weighted by Crippen LogP contribution is -2.51. The molecule has 3 rings (SSSR count). The molecule has 0 spiro atoms. The van der Waals surface area contributed by atoms with E-state index in [1.54, 1.807) is 24.3 Å². The van der Waals surface area contributed by atoms with Crippen LogP contribution in [-0.2, 0) is 28.6 Å². The molecular weight excluding hydrogens is 462 g/mol. The van der Waals surface area contributed by atoms with Crippen molar-refractivity contribution in [1.29, 1.82) is 0 Å². The third kappa shape index (κ3) is 7.72. The van der Waals surface area contributed by atoms with E-state index < -0.39 is 30.2 Å². The molecule has 11 heteroatoms. The predicted molar refractivity (Wildman–Crippen MR) is 121 cm³/mol. The van der Waals surface area contributed by atoms with Gasteiger partial charge in [0.1, 0.15) is 6.10 Å². The molecule has 0 aromatic heterocycles. The third-order valence-corrected chi connectivity index (χ3v) is 5.19. The number of carbonyl (C=O) groups excluding carboxylic acids is 3. The van der Waals surface area contributed by atoms with Crippen molar-refractivity contribution in [3.05, 3.63) is 41.7 Å². The van der Waals surface area contributed by atoms with Crippen LogP contribution in [0.1, 0.15) is 31.7 Å². The molecule has 11 nitrogen and oxygen atoms in total. The van der Waals surface area contributed by atoms with Crippen molar-refractivity contribution in [2.45, 2.75) is 44.4 Å². The number of hydrogen-bond donors (Lipinski definition) is 3. The van der Waals surface area contributed by atoms with Gasteiger partial charge in [-0.3, -0.25) is 4.79 Å². The molecular formula is C24H29NO10. The topological polar surface area (TPSA) is 150 Å². The fourth-order valence-corrected chi connectivity index (χ4v) is 3.52. The molecule has 35 heavy (non-hydrogen) atoms. The second kappa shape index (κ2) is 12.8.